The van der Waals surface area contributed by atoms with Crippen molar-refractivity contribution in [3.63, 3.8) is 0 Å². The molecule has 15 heavy (non-hydrogen) atoms. The van der Waals surface area contributed by atoms with Crippen LogP contribution < -0.4 is 0 Å². The van der Waals surface area contributed by atoms with Gasteiger partial charge in [0, 0.05) is 9.85 Å². The molecule has 0 bridgehead atoms. The number of rotatable bonds is 5. The van der Waals surface area contributed by atoms with Gasteiger partial charge in [-0.15, -0.1) is 11.6 Å². The summed E-state index contributed by atoms with van der Waals surface area (Å²) in [6.45, 7) is 4.35. The molecule has 0 saturated heterocycles. The monoisotopic (exact) mass is 288 g/mol. The number of alkyl halides is 1. The number of halogens is 2. The molecule has 1 aromatic carbocycles. The highest BCUT2D eigenvalue weighted by molar-refractivity contribution is 9.10. The summed E-state index contributed by atoms with van der Waals surface area (Å²) in [5.74, 6) is 0.575. The normalized spacial score (nSPS) is 13.1. The van der Waals surface area contributed by atoms with E-state index in [4.69, 9.17) is 11.6 Å². The summed E-state index contributed by atoms with van der Waals surface area (Å²) in [6.07, 6.45) is 3.37. The Morgan fingerprint density at radius 2 is 1.93 bits per heavy atom. The third-order valence-electron chi connectivity index (χ3n) is 2.61. The third kappa shape index (κ3) is 4.56. The van der Waals surface area contributed by atoms with Crippen LogP contribution in [0.15, 0.2) is 28.7 Å². The van der Waals surface area contributed by atoms with Crippen molar-refractivity contribution in [2.45, 2.75) is 38.5 Å². The molecule has 84 valence electrons. The summed E-state index contributed by atoms with van der Waals surface area (Å²) < 4.78 is 1.21. The molecule has 0 aliphatic rings. The van der Waals surface area contributed by atoms with Crippen molar-refractivity contribution in [3.8, 4) is 0 Å². The molecule has 0 aliphatic heterocycles. The molecule has 0 radical (unpaired) electrons. The van der Waals surface area contributed by atoms with Gasteiger partial charge >= 0.3 is 0 Å². The van der Waals surface area contributed by atoms with Gasteiger partial charge in [0.1, 0.15) is 0 Å². The Morgan fingerprint density at radius 3 is 2.53 bits per heavy atom. The molecule has 1 aromatic rings. The van der Waals surface area contributed by atoms with Crippen molar-refractivity contribution < 1.29 is 0 Å². The summed E-state index contributed by atoms with van der Waals surface area (Å²) in [4.78, 5) is 0. The van der Waals surface area contributed by atoms with Crippen LogP contribution in [-0.4, -0.2) is 5.38 Å². The van der Waals surface area contributed by atoms with Crippen molar-refractivity contribution in [1.29, 1.82) is 0 Å². The fraction of sp³-hybridized carbons (Fsp3) is 0.538. The number of hydrogen-bond acceptors (Lipinski definition) is 0. The summed E-state index contributed by atoms with van der Waals surface area (Å²) in [5.41, 5.74) is 1.38. The molecular weight excluding hydrogens is 272 g/mol. The van der Waals surface area contributed by atoms with Crippen LogP contribution in [0.5, 0.6) is 0 Å². The van der Waals surface area contributed by atoms with Gasteiger partial charge in [-0.1, -0.05) is 48.0 Å². The largest absolute Gasteiger partial charge is 0.123 e. The van der Waals surface area contributed by atoms with Crippen molar-refractivity contribution in [2.75, 3.05) is 0 Å². The maximum absolute atomic E-state index is 6.21. The van der Waals surface area contributed by atoms with Crippen LogP contribution >= 0.6 is 27.5 Å². The van der Waals surface area contributed by atoms with Crippen LogP contribution in [0.3, 0.4) is 0 Å². The highest BCUT2D eigenvalue weighted by Gasteiger charge is 2.09. The van der Waals surface area contributed by atoms with Crippen LogP contribution in [0.4, 0.5) is 0 Å². The van der Waals surface area contributed by atoms with E-state index in [-0.39, 0.29) is 0 Å². The molecule has 0 N–H and O–H groups in total. The van der Waals surface area contributed by atoms with Gasteiger partial charge in [-0.3, -0.25) is 0 Å². The standard InChI is InChI=1S/C13H18BrCl/c1-10(2)13(15)9-5-7-11-6-3-4-8-12(11)14/h3-4,6,8,10,13H,5,7,9H2,1-2H3. The van der Waals surface area contributed by atoms with Crippen molar-refractivity contribution in [1.82, 2.24) is 0 Å². The summed E-state index contributed by atoms with van der Waals surface area (Å²) in [6, 6.07) is 8.39. The predicted molar refractivity (Wildman–Crippen MR) is 71.6 cm³/mol. The number of aryl methyl sites for hydroxylation is 1. The first kappa shape index (κ1) is 13.1. The number of benzene rings is 1. The van der Waals surface area contributed by atoms with Crippen LogP contribution in [0.2, 0.25) is 0 Å². The first-order valence-corrected chi connectivity index (χ1v) is 6.71. The number of hydrogen-bond donors (Lipinski definition) is 0. The lowest BCUT2D eigenvalue weighted by atomic mass is 10.0. The summed E-state index contributed by atoms with van der Waals surface area (Å²) in [5, 5.41) is 0.312. The Hall–Kier alpha value is -0.0100. The van der Waals surface area contributed by atoms with E-state index in [0.29, 0.717) is 11.3 Å². The van der Waals surface area contributed by atoms with E-state index in [2.05, 4.69) is 48.0 Å². The second kappa shape index (κ2) is 6.55. The van der Waals surface area contributed by atoms with Gasteiger partial charge in [-0.2, -0.15) is 0 Å². The van der Waals surface area contributed by atoms with E-state index in [1.807, 2.05) is 6.07 Å². The Labute approximate surface area is 106 Å². The zero-order valence-electron chi connectivity index (χ0n) is 9.34. The minimum absolute atomic E-state index is 0.312. The van der Waals surface area contributed by atoms with Gasteiger partial charge in [0.25, 0.3) is 0 Å². The zero-order chi connectivity index (χ0) is 11.3. The van der Waals surface area contributed by atoms with E-state index in [1.54, 1.807) is 0 Å². The molecule has 2 heteroatoms. The van der Waals surface area contributed by atoms with Gasteiger partial charge in [-0.05, 0) is 36.8 Å². The van der Waals surface area contributed by atoms with Crippen molar-refractivity contribution in [2.24, 2.45) is 5.92 Å². The molecule has 0 fully saturated rings. The van der Waals surface area contributed by atoms with Crippen molar-refractivity contribution in [3.05, 3.63) is 34.3 Å². The SMILES string of the molecule is CC(C)C(Cl)CCCc1ccccc1Br. The van der Waals surface area contributed by atoms with Gasteiger partial charge < -0.3 is 0 Å². The lowest BCUT2D eigenvalue weighted by Gasteiger charge is -2.12. The molecule has 0 saturated carbocycles. The molecule has 1 unspecified atom stereocenters. The molecule has 0 nitrogen and oxygen atoms in total. The lowest BCUT2D eigenvalue weighted by Crippen LogP contribution is -2.07. The smallest absolute Gasteiger partial charge is 0.0359 e. The van der Waals surface area contributed by atoms with Crippen LogP contribution in [0.25, 0.3) is 0 Å². The minimum Gasteiger partial charge on any atom is -0.123 e. The highest BCUT2D eigenvalue weighted by atomic mass is 79.9. The quantitative estimate of drug-likeness (QED) is 0.667. The van der Waals surface area contributed by atoms with Gasteiger partial charge in [0.15, 0.2) is 0 Å². The Bertz CT molecular complexity index is 296. The summed E-state index contributed by atoms with van der Waals surface area (Å²) in [7, 11) is 0. The van der Waals surface area contributed by atoms with E-state index in [0.717, 1.165) is 19.3 Å². The zero-order valence-corrected chi connectivity index (χ0v) is 11.7. The Morgan fingerprint density at radius 1 is 1.27 bits per heavy atom. The molecule has 0 spiro atoms. The summed E-state index contributed by atoms with van der Waals surface area (Å²) >= 11 is 9.77. The molecule has 1 atom stereocenters. The Balaban J connectivity index is 2.35. The molecule has 1 rings (SSSR count). The van der Waals surface area contributed by atoms with Crippen LogP contribution in [0.1, 0.15) is 32.3 Å². The van der Waals surface area contributed by atoms with Gasteiger partial charge in [0.2, 0.25) is 0 Å². The van der Waals surface area contributed by atoms with E-state index in [1.165, 1.54) is 10.0 Å². The van der Waals surface area contributed by atoms with Gasteiger partial charge in [0.05, 0.1) is 0 Å². The molecule has 0 aliphatic carbocycles. The molecule has 0 amide bonds. The second-order valence-corrected chi connectivity index (χ2v) is 5.66. The van der Waals surface area contributed by atoms with Crippen LogP contribution in [0, 0.1) is 5.92 Å². The third-order valence-corrected chi connectivity index (χ3v) is 4.10. The van der Waals surface area contributed by atoms with E-state index >= 15 is 0 Å². The van der Waals surface area contributed by atoms with Crippen molar-refractivity contribution >= 4 is 27.5 Å². The first-order valence-electron chi connectivity index (χ1n) is 5.48. The van der Waals surface area contributed by atoms with E-state index < -0.39 is 0 Å². The van der Waals surface area contributed by atoms with Crippen LogP contribution in [-0.2, 0) is 6.42 Å². The lowest BCUT2D eigenvalue weighted by molar-refractivity contribution is 0.547. The Kier molecular flexibility index (Phi) is 5.70. The average Bonchev–Trinajstić information content (AvgIpc) is 2.20. The van der Waals surface area contributed by atoms with E-state index in [9.17, 15) is 0 Å². The fourth-order valence-corrected chi connectivity index (χ4v) is 2.16. The maximum atomic E-state index is 6.21. The van der Waals surface area contributed by atoms with Gasteiger partial charge in [-0.25, -0.2) is 0 Å². The average molecular weight is 290 g/mol. The minimum atomic E-state index is 0.312. The maximum Gasteiger partial charge on any atom is 0.0359 e. The highest BCUT2D eigenvalue weighted by Crippen LogP contribution is 2.21. The second-order valence-electron chi connectivity index (χ2n) is 4.24. The molecule has 0 aromatic heterocycles. The topological polar surface area (TPSA) is 0 Å². The predicted octanol–water partition coefficient (Wildman–Crippen LogP) is 5.04. The molecule has 0 heterocycles. The fourth-order valence-electron chi connectivity index (χ4n) is 1.52. The molecular formula is C13H18BrCl. The first-order chi connectivity index (χ1) is 7.11.